The van der Waals surface area contributed by atoms with Gasteiger partial charge in [0.2, 0.25) is 0 Å². The summed E-state index contributed by atoms with van der Waals surface area (Å²) in [6.07, 6.45) is 1.51. The number of hydrogen-bond acceptors (Lipinski definition) is 3. The monoisotopic (exact) mass is 284 g/mol. The molecule has 2 rings (SSSR count). The zero-order valence-corrected chi connectivity index (χ0v) is 10.7. The molecule has 0 atom stereocenters. The van der Waals surface area contributed by atoms with Crippen LogP contribution in [0.3, 0.4) is 0 Å². The molecule has 2 aromatic rings. The Morgan fingerprint density at radius 3 is 2.84 bits per heavy atom. The summed E-state index contributed by atoms with van der Waals surface area (Å²) in [7, 11) is 0. The summed E-state index contributed by atoms with van der Waals surface area (Å²) in [5.74, 6) is -2.56. The molecule has 7 heteroatoms. The van der Waals surface area contributed by atoms with Crippen molar-refractivity contribution in [3.63, 3.8) is 0 Å². The summed E-state index contributed by atoms with van der Waals surface area (Å²) >= 11 is 0.976. The maximum Gasteiger partial charge on any atom is 0.313 e. The van der Waals surface area contributed by atoms with E-state index in [1.165, 1.54) is 16.8 Å². The number of rotatable bonds is 4. The average Bonchev–Trinajstić information content (AvgIpc) is 2.68. The van der Waals surface area contributed by atoms with E-state index in [4.69, 9.17) is 5.11 Å². The van der Waals surface area contributed by atoms with Crippen LogP contribution in [0.1, 0.15) is 5.69 Å². The van der Waals surface area contributed by atoms with Gasteiger partial charge in [-0.15, -0.1) is 0 Å². The molecule has 0 saturated carbocycles. The van der Waals surface area contributed by atoms with Crippen LogP contribution in [0.2, 0.25) is 0 Å². The van der Waals surface area contributed by atoms with Gasteiger partial charge in [0.05, 0.1) is 11.4 Å². The molecular formula is C12H10F2N2O2S. The van der Waals surface area contributed by atoms with E-state index in [0.29, 0.717) is 10.9 Å². The fourth-order valence-corrected chi connectivity index (χ4v) is 2.35. The van der Waals surface area contributed by atoms with Crippen molar-refractivity contribution >= 4 is 17.7 Å². The number of benzene rings is 1. The van der Waals surface area contributed by atoms with E-state index < -0.39 is 17.6 Å². The lowest BCUT2D eigenvalue weighted by atomic mass is 10.3. The van der Waals surface area contributed by atoms with Crippen molar-refractivity contribution in [1.82, 2.24) is 9.55 Å². The normalized spacial score (nSPS) is 10.7. The van der Waals surface area contributed by atoms with Gasteiger partial charge in [0.25, 0.3) is 0 Å². The molecule has 0 aliphatic carbocycles. The van der Waals surface area contributed by atoms with Crippen LogP contribution in [0.5, 0.6) is 0 Å². The molecule has 1 aromatic carbocycles. The van der Waals surface area contributed by atoms with Gasteiger partial charge in [0.1, 0.15) is 11.6 Å². The molecule has 1 N–H and O–H groups in total. The average molecular weight is 284 g/mol. The minimum absolute atomic E-state index is 0.143. The Balaban J connectivity index is 2.43. The van der Waals surface area contributed by atoms with Gasteiger partial charge in [-0.1, -0.05) is 11.8 Å². The molecule has 4 nitrogen and oxygen atoms in total. The number of thioether (sulfide) groups is 1. The molecule has 0 aliphatic heterocycles. The molecule has 0 amide bonds. The van der Waals surface area contributed by atoms with Gasteiger partial charge >= 0.3 is 5.97 Å². The van der Waals surface area contributed by atoms with Crippen LogP contribution in [-0.2, 0) is 4.79 Å². The van der Waals surface area contributed by atoms with Crippen molar-refractivity contribution in [2.45, 2.75) is 12.1 Å². The van der Waals surface area contributed by atoms with Crippen LogP contribution in [0, 0.1) is 18.6 Å². The van der Waals surface area contributed by atoms with Crippen molar-refractivity contribution in [2.75, 3.05) is 5.75 Å². The molecule has 100 valence electrons. The van der Waals surface area contributed by atoms with E-state index in [2.05, 4.69) is 4.98 Å². The minimum atomic E-state index is -0.989. The number of hydrogen-bond donors (Lipinski definition) is 1. The van der Waals surface area contributed by atoms with Crippen molar-refractivity contribution < 1.29 is 18.7 Å². The fraction of sp³-hybridized carbons (Fsp3) is 0.167. The maximum absolute atomic E-state index is 13.8. The molecular weight excluding hydrogens is 274 g/mol. The van der Waals surface area contributed by atoms with Crippen molar-refractivity contribution in [2.24, 2.45) is 0 Å². The van der Waals surface area contributed by atoms with Crippen LogP contribution in [0.15, 0.2) is 29.6 Å². The first-order chi connectivity index (χ1) is 8.99. The third kappa shape index (κ3) is 2.93. The number of nitrogens with zero attached hydrogens (tertiary/aromatic N) is 2. The molecule has 19 heavy (non-hydrogen) atoms. The zero-order chi connectivity index (χ0) is 14.0. The number of imidazole rings is 1. The quantitative estimate of drug-likeness (QED) is 0.877. The van der Waals surface area contributed by atoms with Crippen molar-refractivity contribution in [3.05, 3.63) is 41.7 Å². The van der Waals surface area contributed by atoms with E-state index in [1.807, 2.05) is 0 Å². The summed E-state index contributed by atoms with van der Waals surface area (Å²) in [6.45, 7) is 1.71. The maximum atomic E-state index is 13.8. The first-order valence-electron chi connectivity index (χ1n) is 5.33. The summed E-state index contributed by atoms with van der Waals surface area (Å²) in [5.41, 5.74) is 0.780. The standard InChI is InChI=1S/C12H10F2N2O2S/c1-7-5-15-12(19-6-11(17)18)16(7)10-3-2-8(13)4-9(10)14/h2-5H,6H2,1H3,(H,17,18). The Morgan fingerprint density at radius 2 is 2.21 bits per heavy atom. The van der Waals surface area contributed by atoms with Gasteiger partial charge in [-0.25, -0.2) is 13.8 Å². The molecule has 0 bridgehead atoms. The highest BCUT2D eigenvalue weighted by Gasteiger charge is 2.14. The van der Waals surface area contributed by atoms with Gasteiger partial charge < -0.3 is 5.11 Å². The van der Waals surface area contributed by atoms with E-state index in [0.717, 1.165) is 23.9 Å². The first-order valence-corrected chi connectivity index (χ1v) is 6.32. The predicted molar refractivity (Wildman–Crippen MR) is 66.6 cm³/mol. The Kier molecular flexibility index (Phi) is 3.84. The van der Waals surface area contributed by atoms with Gasteiger partial charge in [-0.3, -0.25) is 9.36 Å². The molecule has 0 aliphatic rings. The van der Waals surface area contributed by atoms with E-state index in [1.54, 1.807) is 6.92 Å². The first kappa shape index (κ1) is 13.5. The highest BCUT2D eigenvalue weighted by molar-refractivity contribution is 7.99. The van der Waals surface area contributed by atoms with Crippen LogP contribution in [0.25, 0.3) is 5.69 Å². The fourth-order valence-electron chi connectivity index (χ4n) is 1.60. The predicted octanol–water partition coefficient (Wildman–Crippen LogP) is 2.64. The second-order valence-electron chi connectivity index (χ2n) is 3.80. The second kappa shape index (κ2) is 5.40. The largest absolute Gasteiger partial charge is 0.481 e. The second-order valence-corrected chi connectivity index (χ2v) is 4.74. The van der Waals surface area contributed by atoms with Crippen LogP contribution < -0.4 is 0 Å². The van der Waals surface area contributed by atoms with E-state index in [9.17, 15) is 13.6 Å². The third-order valence-corrected chi connectivity index (χ3v) is 3.32. The molecule has 1 heterocycles. The van der Waals surface area contributed by atoms with Crippen LogP contribution in [-0.4, -0.2) is 26.4 Å². The summed E-state index contributed by atoms with van der Waals surface area (Å²) < 4.78 is 28.1. The zero-order valence-electron chi connectivity index (χ0n) is 9.93. The Bertz CT molecular complexity index is 628. The van der Waals surface area contributed by atoms with Gasteiger partial charge in [-0.2, -0.15) is 0 Å². The lowest BCUT2D eigenvalue weighted by Crippen LogP contribution is -2.04. The number of aliphatic carboxylic acids is 1. The Hall–Kier alpha value is -1.89. The van der Waals surface area contributed by atoms with Crippen LogP contribution in [0.4, 0.5) is 8.78 Å². The SMILES string of the molecule is Cc1cnc(SCC(=O)O)n1-c1ccc(F)cc1F. The van der Waals surface area contributed by atoms with E-state index in [-0.39, 0.29) is 11.4 Å². The van der Waals surface area contributed by atoms with Gasteiger partial charge in [0.15, 0.2) is 5.16 Å². The number of carboxylic acids is 1. The third-order valence-electron chi connectivity index (χ3n) is 2.38. The van der Waals surface area contributed by atoms with Crippen molar-refractivity contribution in [1.29, 1.82) is 0 Å². The van der Waals surface area contributed by atoms with Crippen molar-refractivity contribution in [3.8, 4) is 5.69 Å². The summed E-state index contributed by atoms with van der Waals surface area (Å²) in [4.78, 5) is 14.6. The number of aromatic nitrogens is 2. The van der Waals surface area contributed by atoms with Crippen LogP contribution >= 0.6 is 11.8 Å². The number of halogens is 2. The van der Waals surface area contributed by atoms with E-state index >= 15 is 0 Å². The van der Waals surface area contributed by atoms with Gasteiger partial charge in [-0.05, 0) is 19.1 Å². The Morgan fingerprint density at radius 1 is 1.47 bits per heavy atom. The number of aryl methyl sites for hydroxylation is 1. The molecule has 0 unspecified atom stereocenters. The molecule has 0 radical (unpaired) electrons. The lowest BCUT2D eigenvalue weighted by Gasteiger charge is -2.10. The number of carboxylic acid groups (broad SMARTS) is 1. The minimum Gasteiger partial charge on any atom is -0.481 e. The highest BCUT2D eigenvalue weighted by atomic mass is 32.2. The summed E-state index contributed by atoms with van der Waals surface area (Å²) in [5, 5.41) is 9.00. The molecule has 0 spiro atoms. The number of carbonyl (C=O) groups is 1. The lowest BCUT2D eigenvalue weighted by molar-refractivity contribution is -0.133. The smallest absolute Gasteiger partial charge is 0.313 e. The Labute approximate surface area is 112 Å². The topological polar surface area (TPSA) is 55.1 Å². The molecule has 0 fully saturated rings. The summed E-state index contributed by atoms with van der Waals surface area (Å²) in [6, 6.07) is 3.22. The molecule has 0 saturated heterocycles. The highest BCUT2D eigenvalue weighted by Crippen LogP contribution is 2.25. The van der Waals surface area contributed by atoms with Gasteiger partial charge in [0, 0.05) is 18.0 Å². The molecule has 1 aromatic heterocycles.